The summed E-state index contributed by atoms with van der Waals surface area (Å²) in [6.07, 6.45) is -10.7. The zero-order chi connectivity index (χ0) is 22.5. The molecule has 0 spiro atoms. The summed E-state index contributed by atoms with van der Waals surface area (Å²) in [5, 5.41) is 4.19. The first-order valence-corrected chi connectivity index (χ1v) is 8.23. The van der Waals surface area contributed by atoms with Crippen LogP contribution in [0.5, 0.6) is 0 Å². The van der Waals surface area contributed by atoms with E-state index >= 15 is 0 Å². The molecule has 0 saturated heterocycles. The lowest BCUT2D eigenvalue weighted by Gasteiger charge is -2.24. The molecule has 0 aliphatic heterocycles. The maximum atomic E-state index is 12.9. The van der Waals surface area contributed by atoms with Gasteiger partial charge in [0.1, 0.15) is 11.6 Å². The fraction of sp³-hybridized carbons (Fsp3) is 0.529. The van der Waals surface area contributed by atoms with E-state index in [1.165, 1.54) is 20.8 Å². The molecule has 0 heterocycles. The molecule has 1 rings (SSSR count). The first-order valence-electron chi connectivity index (χ1n) is 8.23. The van der Waals surface area contributed by atoms with Crippen molar-refractivity contribution >= 4 is 12.0 Å². The second-order valence-electron chi connectivity index (χ2n) is 6.79. The quantitative estimate of drug-likeness (QED) is 0.530. The third-order valence-electron chi connectivity index (χ3n) is 3.14. The maximum absolute atomic E-state index is 12.9. The normalized spacial score (nSPS) is 13.6. The number of hydrogen-bond donors (Lipinski definition) is 2. The molecule has 1 aromatic rings. The van der Waals surface area contributed by atoms with Crippen molar-refractivity contribution in [3.05, 3.63) is 35.4 Å². The lowest BCUT2D eigenvalue weighted by Crippen LogP contribution is -2.43. The number of rotatable bonds is 6. The van der Waals surface area contributed by atoms with E-state index in [0.29, 0.717) is 6.07 Å². The van der Waals surface area contributed by atoms with Crippen LogP contribution in [0.2, 0.25) is 0 Å². The monoisotopic (exact) mass is 430 g/mol. The average molecular weight is 430 g/mol. The lowest BCUT2D eigenvalue weighted by atomic mass is 10.0. The molecule has 0 bridgehead atoms. The van der Waals surface area contributed by atoms with E-state index in [-0.39, 0.29) is 5.56 Å². The Bertz CT molecular complexity index is 713. The van der Waals surface area contributed by atoms with Crippen molar-refractivity contribution in [2.24, 2.45) is 0 Å². The number of carbonyl (C=O) groups is 2. The van der Waals surface area contributed by atoms with Gasteiger partial charge in [0.25, 0.3) is 0 Å². The van der Waals surface area contributed by atoms with E-state index < -0.39 is 54.9 Å². The highest BCUT2D eigenvalue weighted by atomic mass is 19.4. The van der Waals surface area contributed by atoms with Crippen molar-refractivity contribution in [1.82, 2.24) is 10.6 Å². The van der Waals surface area contributed by atoms with E-state index in [1.54, 1.807) is 0 Å². The van der Waals surface area contributed by atoms with Crippen molar-refractivity contribution < 1.29 is 45.4 Å². The van der Waals surface area contributed by atoms with Crippen molar-refractivity contribution in [3.8, 4) is 0 Å². The van der Waals surface area contributed by atoms with Crippen molar-refractivity contribution in [3.63, 3.8) is 0 Å². The molecule has 6 nitrogen and oxygen atoms in total. The summed E-state index contributed by atoms with van der Waals surface area (Å²) in [6, 6.07) is 1.96. The predicted molar refractivity (Wildman–Crippen MR) is 88.6 cm³/mol. The number of benzene rings is 1. The highest BCUT2D eigenvalue weighted by molar-refractivity contribution is 5.87. The van der Waals surface area contributed by atoms with Crippen LogP contribution in [0.25, 0.3) is 0 Å². The van der Waals surface area contributed by atoms with Crippen molar-refractivity contribution in [2.45, 2.75) is 45.0 Å². The van der Waals surface area contributed by atoms with E-state index in [9.17, 15) is 35.9 Å². The number of carbonyl (C=O) groups excluding carboxylic acids is 2. The van der Waals surface area contributed by atoms with Crippen LogP contribution in [0.15, 0.2) is 24.3 Å². The van der Waals surface area contributed by atoms with E-state index in [0.717, 1.165) is 18.2 Å². The van der Waals surface area contributed by atoms with Crippen LogP contribution >= 0.6 is 0 Å². The molecule has 0 aliphatic rings. The predicted octanol–water partition coefficient (Wildman–Crippen LogP) is 3.92. The largest absolute Gasteiger partial charge is 0.522 e. The fourth-order valence-corrected chi connectivity index (χ4v) is 2.06. The molecule has 0 radical (unpaired) electrons. The van der Waals surface area contributed by atoms with Gasteiger partial charge in [-0.1, -0.05) is 12.1 Å². The minimum atomic E-state index is -4.90. The number of halogens is 6. The Balaban J connectivity index is 3.00. The van der Waals surface area contributed by atoms with Crippen LogP contribution < -0.4 is 10.6 Å². The number of nitrogens with one attached hydrogen (secondary N) is 2. The molecular weight excluding hydrogens is 410 g/mol. The molecule has 0 aromatic heterocycles. The van der Waals surface area contributed by atoms with E-state index in [1.807, 2.05) is 0 Å². The highest BCUT2D eigenvalue weighted by Gasteiger charge is 2.33. The first kappa shape index (κ1) is 24.5. The van der Waals surface area contributed by atoms with Gasteiger partial charge >= 0.3 is 18.6 Å². The van der Waals surface area contributed by atoms with Gasteiger partial charge in [-0.15, -0.1) is 13.2 Å². The number of amides is 2. The zero-order valence-corrected chi connectivity index (χ0v) is 15.7. The second-order valence-corrected chi connectivity index (χ2v) is 6.79. The Morgan fingerprint density at radius 2 is 1.69 bits per heavy atom. The summed E-state index contributed by atoms with van der Waals surface area (Å²) in [5.74, 6) is -1.04. The Hall–Kier alpha value is -2.50. The summed E-state index contributed by atoms with van der Waals surface area (Å²) in [4.78, 5) is 24.3. The average Bonchev–Trinajstić information content (AvgIpc) is 2.53. The summed E-state index contributed by atoms with van der Waals surface area (Å²) in [7, 11) is 0. The van der Waals surface area contributed by atoms with Gasteiger partial charge in [-0.25, -0.2) is 4.79 Å². The Morgan fingerprint density at radius 3 is 2.21 bits per heavy atom. The topological polar surface area (TPSA) is 76.7 Å². The van der Waals surface area contributed by atoms with Gasteiger partial charge in [-0.2, -0.15) is 13.2 Å². The SMILES string of the molecule is CC(C)(C)OC(=O)NC(C(=O)NCCOC(F)(F)F)c1cccc(C(F)(F)F)c1. The van der Waals surface area contributed by atoms with Gasteiger partial charge in [0.15, 0.2) is 0 Å². The fourth-order valence-electron chi connectivity index (χ4n) is 2.06. The van der Waals surface area contributed by atoms with Crippen LogP contribution in [0.3, 0.4) is 0 Å². The molecule has 1 atom stereocenters. The van der Waals surface area contributed by atoms with E-state index in [4.69, 9.17) is 4.74 Å². The number of ether oxygens (including phenoxy) is 2. The molecule has 29 heavy (non-hydrogen) atoms. The second kappa shape index (κ2) is 9.33. The van der Waals surface area contributed by atoms with Crippen LogP contribution in [0, 0.1) is 0 Å². The van der Waals surface area contributed by atoms with Crippen LogP contribution in [-0.4, -0.2) is 37.1 Å². The number of alkyl halides is 6. The Labute approximate surface area is 162 Å². The Kier molecular flexibility index (Phi) is 7.90. The lowest BCUT2D eigenvalue weighted by molar-refractivity contribution is -0.323. The smallest absolute Gasteiger partial charge is 0.444 e. The third kappa shape index (κ3) is 9.50. The van der Waals surface area contributed by atoms with Crippen LogP contribution in [0.4, 0.5) is 31.1 Å². The summed E-state index contributed by atoms with van der Waals surface area (Å²) in [6.45, 7) is 3.07. The molecule has 1 unspecified atom stereocenters. The van der Waals surface area contributed by atoms with Crippen LogP contribution in [-0.2, 0) is 20.4 Å². The van der Waals surface area contributed by atoms with Gasteiger partial charge < -0.3 is 15.4 Å². The Morgan fingerprint density at radius 1 is 1.07 bits per heavy atom. The minimum absolute atomic E-state index is 0.236. The molecular formula is C17H20F6N2O4. The molecule has 0 aliphatic carbocycles. The highest BCUT2D eigenvalue weighted by Crippen LogP contribution is 2.31. The molecule has 164 valence electrons. The number of alkyl carbamates (subject to hydrolysis) is 1. The standard InChI is InChI=1S/C17H20F6N2O4/c1-15(2,3)29-14(27)25-12(13(26)24-7-8-28-17(21,22)23)10-5-4-6-11(9-10)16(18,19)20/h4-6,9,12H,7-8H2,1-3H3,(H,24,26)(H,25,27). The van der Waals surface area contributed by atoms with Crippen molar-refractivity contribution in [1.29, 1.82) is 0 Å². The molecule has 0 saturated carbocycles. The molecule has 0 fully saturated rings. The molecule has 12 heteroatoms. The third-order valence-corrected chi connectivity index (χ3v) is 3.14. The van der Waals surface area contributed by atoms with E-state index in [2.05, 4.69) is 15.4 Å². The molecule has 2 amide bonds. The minimum Gasteiger partial charge on any atom is -0.444 e. The number of hydrogen-bond acceptors (Lipinski definition) is 4. The zero-order valence-electron chi connectivity index (χ0n) is 15.7. The molecule has 2 N–H and O–H groups in total. The van der Waals surface area contributed by atoms with Crippen molar-refractivity contribution in [2.75, 3.05) is 13.2 Å². The van der Waals surface area contributed by atoms with Gasteiger partial charge in [-0.05, 0) is 38.5 Å². The van der Waals surface area contributed by atoms with Gasteiger partial charge in [0, 0.05) is 6.54 Å². The maximum Gasteiger partial charge on any atom is 0.522 e. The summed E-state index contributed by atoms with van der Waals surface area (Å²) in [5.41, 5.74) is -2.27. The first-order chi connectivity index (χ1) is 13.1. The van der Waals surface area contributed by atoms with Gasteiger partial charge in [0.05, 0.1) is 12.2 Å². The van der Waals surface area contributed by atoms with Gasteiger partial charge in [-0.3, -0.25) is 9.53 Å². The summed E-state index contributed by atoms with van der Waals surface area (Å²) < 4.78 is 83.2. The molecule has 1 aromatic carbocycles. The van der Waals surface area contributed by atoms with Crippen LogP contribution in [0.1, 0.15) is 37.9 Å². The summed E-state index contributed by atoms with van der Waals surface area (Å²) >= 11 is 0. The van der Waals surface area contributed by atoms with Gasteiger partial charge in [0.2, 0.25) is 5.91 Å².